The van der Waals surface area contributed by atoms with Crippen LogP contribution in [0, 0.1) is 10.1 Å². The Labute approximate surface area is 128 Å². The van der Waals surface area contributed by atoms with E-state index in [1.54, 1.807) is 6.07 Å². The van der Waals surface area contributed by atoms with Crippen LogP contribution in [0.4, 0.5) is 5.82 Å². The van der Waals surface area contributed by atoms with E-state index in [0.29, 0.717) is 10.9 Å². The topological polar surface area (TPSA) is 116 Å². The molecule has 0 saturated carbocycles. The molecular formula is C15H10N2O6. The van der Waals surface area contributed by atoms with Crippen molar-refractivity contribution in [2.24, 2.45) is 0 Å². The number of benzene rings is 1. The van der Waals surface area contributed by atoms with Crippen molar-refractivity contribution in [2.75, 3.05) is 0 Å². The lowest BCUT2D eigenvalue weighted by atomic mass is 10.1. The smallest absolute Gasteiger partial charge is 0.406 e. The van der Waals surface area contributed by atoms with Gasteiger partial charge in [0.25, 0.3) is 0 Å². The zero-order chi connectivity index (χ0) is 16.4. The van der Waals surface area contributed by atoms with Gasteiger partial charge < -0.3 is 24.4 Å². The van der Waals surface area contributed by atoms with Crippen molar-refractivity contribution in [2.45, 2.75) is 6.61 Å². The minimum atomic E-state index is -0.648. The summed E-state index contributed by atoms with van der Waals surface area (Å²) < 4.78 is 10.4. The van der Waals surface area contributed by atoms with Gasteiger partial charge in [0.05, 0.1) is 0 Å². The Morgan fingerprint density at radius 2 is 2.13 bits per heavy atom. The molecule has 23 heavy (non-hydrogen) atoms. The van der Waals surface area contributed by atoms with E-state index < -0.39 is 16.4 Å². The second-order valence-corrected chi connectivity index (χ2v) is 4.64. The number of ether oxygens (including phenoxy) is 1. The molecule has 8 nitrogen and oxygen atoms in total. The monoisotopic (exact) mass is 314 g/mol. The molecule has 8 heteroatoms. The summed E-state index contributed by atoms with van der Waals surface area (Å²) in [5.74, 6) is -0.447. The summed E-state index contributed by atoms with van der Waals surface area (Å²) in [6.45, 7) is -0.0839. The summed E-state index contributed by atoms with van der Waals surface area (Å²) in [5.41, 5.74) is 0.0774. The quantitative estimate of drug-likeness (QED) is 0.446. The number of aromatic nitrogens is 1. The van der Waals surface area contributed by atoms with Crippen molar-refractivity contribution in [1.29, 1.82) is 0 Å². The van der Waals surface area contributed by atoms with Gasteiger partial charge in [-0.05, 0) is 34.2 Å². The van der Waals surface area contributed by atoms with E-state index in [1.807, 2.05) is 0 Å². The fourth-order valence-corrected chi connectivity index (χ4v) is 2.13. The Balaban J connectivity index is 1.97. The highest BCUT2D eigenvalue weighted by atomic mass is 16.6. The minimum absolute atomic E-state index is 0.00216. The van der Waals surface area contributed by atoms with Crippen LogP contribution < -0.4 is 10.4 Å². The fraction of sp³-hybridized carbons (Fsp3) is 0.0667. The molecule has 0 aliphatic carbocycles. The number of hydrogen-bond acceptors (Lipinski definition) is 7. The minimum Gasteiger partial charge on any atom is -0.508 e. The average Bonchev–Trinajstić information content (AvgIpc) is 2.52. The summed E-state index contributed by atoms with van der Waals surface area (Å²) in [7, 11) is 0. The molecule has 0 radical (unpaired) electrons. The lowest BCUT2D eigenvalue weighted by molar-refractivity contribution is -0.390. The van der Waals surface area contributed by atoms with Crippen molar-refractivity contribution in [3.05, 3.63) is 68.7 Å². The molecule has 0 amide bonds. The number of pyridine rings is 1. The van der Waals surface area contributed by atoms with Crippen LogP contribution in [0.2, 0.25) is 0 Å². The van der Waals surface area contributed by atoms with Crippen LogP contribution in [0.15, 0.2) is 51.8 Å². The Morgan fingerprint density at radius 3 is 2.91 bits per heavy atom. The third-order valence-electron chi connectivity index (χ3n) is 3.12. The third-order valence-corrected chi connectivity index (χ3v) is 3.12. The molecule has 1 N–H and O–H groups in total. The largest absolute Gasteiger partial charge is 0.508 e. The summed E-state index contributed by atoms with van der Waals surface area (Å²) in [4.78, 5) is 25.5. The lowest BCUT2D eigenvalue weighted by Gasteiger charge is -2.08. The Bertz CT molecular complexity index is 950. The molecule has 0 spiro atoms. The average molecular weight is 314 g/mol. The Morgan fingerprint density at radius 1 is 1.30 bits per heavy atom. The molecule has 3 rings (SSSR count). The summed E-state index contributed by atoms with van der Waals surface area (Å²) in [6.07, 6.45) is 1.29. The summed E-state index contributed by atoms with van der Waals surface area (Å²) in [6, 6.07) is 8.50. The number of phenols is 1. The molecule has 1 aromatic carbocycles. The van der Waals surface area contributed by atoms with Crippen molar-refractivity contribution in [1.82, 2.24) is 4.98 Å². The molecule has 3 aromatic rings. The van der Waals surface area contributed by atoms with E-state index >= 15 is 0 Å². The van der Waals surface area contributed by atoms with Gasteiger partial charge in [-0.3, -0.25) is 0 Å². The Hall–Kier alpha value is -3.42. The number of nitrogens with zero attached hydrogens (tertiary/aromatic N) is 2. The molecule has 0 aliphatic rings. The maximum atomic E-state index is 11.6. The van der Waals surface area contributed by atoms with Gasteiger partial charge >= 0.3 is 11.4 Å². The van der Waals surface area contributed by atoms with Crippen LogP contribution >= 0.6 is 0 Å². The number of hydrogen-bond donors (Lipinski definition) is 1. The molecule has 116 valence electrons. The van der Waals surface area contributed by atoms with Crippen molar-refractivity contribution < 1.29 is 19.2 Å². The van der Waals surface area contributed by atoms with Gasteiger partial charge in [0.1, 0.15) is 24.1 Å². The predicted octanol–water partition coefficient (Wildman–Crippen LogP) is 2.38. The second-order valence-electron chi connectivity index (χ2n) is 4.64. The lowest BCUT2D eigenvalue weighted by Crippen LogP contribution is -2.05. The predicted molar refractivity (Wildman–Crippen MR) is 79.4 cm³/mol. The van der Waals surface area contributed by atoms with Gasteiger partial charge in [-0.15, -0.1) is 0 Å². The molecule has 0 atom stereocenters. The van der Waals surface area contributed by atoms with E-state index in [1.165, 1.54) is 36.5 Å². The molecule has 0 aliphatic heterocycles. The molecule has 2 heterocycles. The van der Waals surface area contributed by atoms with Gasteiger partial charge in [0.15, 0.2) is 0 Å². The molecular weight excluding hydrogens is 304 g/mol. The maximum Gasteiger partial charge on any atom is 0.406 e. The molecule has 0 unspecified atom stereocenters. The van der Waals surface area contributed by atoms with E-state index in [4.69, 9.17) is 9.15 Å². The van der Waals surface area contributed by atoms with Crippen LogP contribution in [0.3, 0.4) is 0 Å². The maximum absolute atomic E-state index is 11.6. The zero-order valence-corrected chi connectivity index (χ0v) is 11.6. The fourth-order valence-electron chi connectivity index (χ4n) is 2.13. The van der Waals surface area contributed by atoms with E-state index in [9.17, 15) is 20.0 Å². The van der Waals surface area contributed by atoms with Crippen LogP contribution in [0.25, 0.3) is 11.0 Å². The second kappa shape index (κ2) is 5.76. The SMILES string of the molecule is O=c1cc(COc2cccnc2[N+](=O)[O-])c2ccc(O)cc2o1. The number of aromatic hydroxyl groups is 1. The summed E-state index contributed by atoms with van der Waals surface area (Å²) >= 11 is 0. The Kier molecular flexibility index (Phi) is 3.63. The van der Waals surface area contributed by atoms with Crippen LogP contribution in [0.1, 0.15) is 5.56 Å². The van der Waals surface area contributed by atoms with Gasteiger partial charge in [0, 0.05) is 23.1 Å². The van der Waals surface area contributed by atoms with Crippen molar-refractivity contribution in [3.8, 4) is 11.5 Å². The van der Waals surface area contributed by atoms with Crippen LogP contribution in [-0.2, 0) is 6.61 Å². The highest BCUT2D eigenvalue weighted by Gasteiger charge is 2.16. The first-order valence-electron chi connectivity index (χ1n) is 6.52. The standard InChI is InChI=1S/C15H10N2O6/c18-10-3-4-11-9(6-14(19)23-13(11)7-10)8-22-12-2-1-5-16-15(12)17(20)21/h1-7,18H,8H2. The highest BCUT2D eigenvalue weighted by Crippen LogP contribution is 2.26. The first-order chi connectivity index (χ1) is 11.0. The molecule has 0 fully saturated rings. The number of fused-ring (bicyclic) bond motifs is 1. The van der Waals surface area contributed by atoms with Crippen molar-refractivity contribution >= 4 is 16.8 Å². The van der Waals surface area contributed by atoms with Gasteiger partial charge in [0.2, 0.25) is 5.75 Å². The first-order valence-corrected chi connectivity index (χ1v) is 6.52. The molecule has 2 aromatic heterocycles. The van der Waals surface area contributed by atoms with Crippen molar-refractivity contribution in [3.63, 3.8) is 0 Å². The number of phenolic OH excluding ortho intramolecular Hbond substituents is 1. The zero-order valence-electron chi connectivity index (χ0n) is 11.6. The van der Waals surface area contributed by atoms with Gasteiger partial charge in [-0.1, -0.05) is 0 Å². The number of nitro groups is 1. The van der Waals surface area contributed by atoms with Gasteiger partial charge in [-0.25, -0.2) is 4.79 Å². The highest BCUT2D eigenvalue weighted by molar-refractivity contribution is 5.81. The first kappa shape index (κ1) is 14.5. The number of rotatable bonds is 4. The normalized spacial score (nSPS) is 10.6. The van der Waals surface area contributed by atoms with Gasteiger partial charge in [-0.2, -0.15) is 0 Å². The molecule has 0 bridgehead atoms. The third kappa shape index (κ3) is 2.95. The van der Waals surface area contributed by atoms with E-state index in [0.717, 1.165) is 0 Å². The van der Waals surface area contributed by atoms with Crippen LogP contribution in [-0.4, -0.2) is 15.0 Å². The van der Waals surface area contributed by atoms with E-state index in [-0.39, 0.29) is 23.7 Å². The summed E-state index contributed by atoms with van der Waals surface area (Å²) in [5, 5.41) is 20.9. The van der Waals surface area contributed by atoms with E-state index in [2.05, 4.69) is 4.98 Å². The van der Waals surface area contributed by atoms with Crippen LogP contribution in [0.5, 0.6) is 11.5 Å². The molecule has 0 saturated heterocycles.